The fourth-order valence-electron chi connectivity index (χ4n) is 3.79. The van der Waals surface area contributed by atoms with Crippen LogP contribution in [0, 0.1) is 11.7 Å². The van der Waals surface area contributed by atoms with E-state index in [0.717, 1.165) is 11.6 Å². The second kappa shape index (κ2) is 8.77. The quantitative estimate of drug-likeness (QED) is 0.504. The van der Waals surface area contributed by atoms with Crippen molar-refractivity contribution in [1.82, 2.24) is 9.55 Å². The van der Waals surface area contributed by atoms with Gasteiger partial charge in [0.2, 0.25) is 0 Å². The van der Waals surface area contributed by atoms with Crippen molar-refractivity contribution in [2.24, 2.45) is 5.92 Å². The number of carbonyl (C=O) groups excluding carboxylic acids is 1. The SMILES string of the molecule is CC1=C(O)C(Cc2ccc(-n3ccnc(Nc4ccc(C(F)(F)F)cc4F)c3=O)cc2)CC1=O. The Bertz CT molecular complexity index is 1340. The van der Waals surface area contributed by atoms with Gasteiger partial charge in [0.25, 0.3) is 5.56 Å². The van der Waals surface area contributed by atoms with Crippen LogP contribution >= 0.6 is 0 Å². The van der Waals surface area contributed by atoms with Crippen LogP contribution in [0.4, 0.5) is 29.1 Å². The van der Waals surface area contributed by atoms with Crippen molar-refractivity contribution in [3.63, 3.8) is 0 Å². The summed E-state index contributed by atoms with van der Waals surface area (Å²) in [7, 11) is 0. The van der Waals surface area contributed by atoms with Crippen LogP contribution in [0.5, 0.6) is 0 Å². The highest BCUT2D eigenvalue weighted by molar-refractivity contribution is 5.98. The molecule has 1 heterocycles. The first-order valence-electron chi connectivity index (χ1n) is 10.3. The van der Waals surface area contributed by atoms with E-state index in [1.165, 1.54) is 17.0 Å². The van der Waals surface area contributed by atoms with Gasteiger partial charge in [-0.05, 0) is 49.2 Å². The number of allylic oxidation sites excluding steroid dienone is 2. The lowest BCUT2D eigenvalue weighted by molar-refractivity contribution is -0.137. The topological polar surface area (TPSA) is 84.2 Å². The van der Waals surface area contributed by atoms with Gasteiger partial charge in [-0.25, -0.2) is 9.37 Å². The van der Waals surface area contributed by atoms with Crippen LogP contribution in [-0.4, -0.2) is 20.4 Å². The fraction of sp³-hybridized carbons (Fsp3) is 0.208. The van der Waals surface area contributed by atoms with E-state index in [0.29, 0.717) is 29.8 Å². The number of anilines is 2. The van der Waals surface area contributed by atoms with Crippen LogP contribution in [0.3, 0.4) is 0 Å². The Morgan fingerprint density at radius 1 is 1.15 bits per heavy atom. The first kappa shape index (κ1) is 23.2. The number of carbonyl (C=O) groups is 1. The molecular formula is C24H19F4N3O3. The second-order valence-corrected chi connectivity index (χ2v) is 7.97. The molecule has 10 heteroatoms. The molecule has 34 heavy (non-hydrogen) atoms. The van der Waals surface area contributed by atoms with Gasteiger partial charge in [-0.3, -0.25) is 14.2 Å². The Morgan fingerprint density at radius 2 is 1.85 bits per heavy atom. The van der Waals surface area contributed by atoms with E-state index >= 15 is 0 Å². The van der Waals surface area contributed by atoms with E-state index < -0.39 is 23.1 Å². The molecule has 0 bridgehead atoms. The molecule has 6 nitrogen and oxygen atoms in total. The molecular weight excluding hydrogens is 454 g/mol. The number of alkyl halides is 3. The summed E-state index contributed by atoms with van der Waals surface area (Å²) in [5.41, 5.74) is -0.378. The smallest absolute Gasteiger partial charge is 0.416 e. The zero-order valence-corrected chi connectivity index (χ0v) is 17.9. The van der Waals surface area contributed by atoms with E-state index in [-0.39, 0.29) is 35.4 Å². The minimum atomic E-state index is -4.69. The minimum absolute atomic E-state index is 0.0769. The summed E-state index contributed by atoms with van der Waals surface area (Å²) < 4.78 is 53.7. The highest BCUT2D eigenvalue weighted by Crippen LogP contribution is 2.32. The van der Waals surface area contributed by atoms with Crippen LogP contribution in [0.1, 0.15) is 24.5 Å². The van der Waals surface area contributed by atoms with Gasteiger partial charge in [-0.2, -0.15) is 13.2 Å². The number of aromatic nitrogens is 2. The maximum Gasteiger partial charge on any atom is 0.416 e. The van der Waals surface area contributed by atoms with E-state index in [9.17, 15) is 32.3 Å². The summed E-state index contributed by atoms with van der Waals surface area (Å²) in [4.78, 5) is 28.5. The molecule has 2 aromatic carbocycles. The van der Waals surface area contributed by atoms with Crippen molar-refractivity contribution in [2.45, 2.75) is 25.9 Å². The minimum Gasteiger partial charge on any atom is -0.512 e. The second-order valence-electron chi connectivity index (χ2n) is 7.97. The molecule has 3 aromatic rings. The molecule has 0 radical (unpaired) electrons. The highest BCUT2D eigenvalue weighted by atomic mass is 19.4. The molecule has 1 aliphatic carbocycles. The summed E-state index contributed by atoms with van der Waals surface area (Å²) in [6.45, 7) is 1.60. The van der Waals surface area contributed by atoms with Crippen molar-refractivity contribution < 1.29 is 27.5 Å². The number of nitrogens with one attached hydrogen (secondary N) is 1. The standard InChI is InChI=1S/C24H19F4N3O3/c1-13-20(32)11-15(21(13)33)10-14-2-5-17(6-3-14)31-9-8-29-22(23(31)34)30-19-7-4-16(12-18(19)25)24(26,27)28/h2-9,12,15,33H,10-11H2,1H3,(H,29,30). The number of hydrogen-bond acceptors (Lipinski definition) is 5. The molecule has 0 aliphatic heterocycles. The monoisotopic (exact) mass is 473 g/mol. The molecule has 0 saturated heterocycles. The number of halogens is 4. The lowest BCUT2D eigenvalue weighted by atomic mass is 9.97. The van der Waals surface area contributed by atoms with Crippen molar-refractivity contribution in [1.29, 1.82) is 0 Å². The van der Waals surface area contributed by atoms with Gasteiger partial charge < -0.3 is 10.4 Å². The van der Waals surface area contributed by atoms with E-state index in [2.05, 4.69) is 10.3 Å². The number of ketones is 1. The molecule has 0 spiro atoms. The van der Waals surface area contributed by atoms with Gasteiger partial charge in [0, 0.05) is 36.0 Å². The third-order valence-electron chi connectivity index (χ3n) is 5.71. The maximum absolute atomic E-state index is 14.2. The lowest BCUT2D eigenvalue weighted by Gasteiger charge is -2.13. The van der Waals surface area contributed by atoms with Crippen molar-refractivity contribution >= 4 is 17.3 Å². The normalized spacial score (nSPS) is 16.3. The van der Waals surface area contributed by atoms with Crippen molar-refractivity contribution in [3.8, 4) is 5.69 Å². The highest BCUT2D eigenvalue weighted by Gasteiger charge is 2.31. The number of aliphatic hydroxyl groups excluding tert-OH is 1. The van der Waals surface area contributed by atoms with Crippen LogP contribution in [-0.2, 0) is 17.4 Å². The molecule has 0 saturated carbocycles. The molecule has 1 aromatic heterocycles. The van der Waals surface area contributed by atoms with Crippen LogP contribution in [0.2, 0.25) is 0 Å². The van der Waals surface area contributed by atoms with Gasteiger partial charge in [-0.1, -0.05) is 12.1 Å². The fourth-order valence-corrected chi connectivity index (χ4v) is 3.79. The third kappa shape index (κ3) is 4.57. The molecule has 176 valence electrons. The molecule has 4 rings (SSSR count). The summed E-state index contributed by atoms with van der Waals surface area (Å²) in [6, 6.07) is 8.80. The summed E-state index contributed by atoms with van der Waals surface area (Å²) in [5, 5.41) is 12.6. The molecule has 0 fully saturated rings. The molecule has 1 aliphatic rings. The third-order valence-corrected chi connectivity index (χ3v) is 5.71. The zero-order chi connectivity index (χ0) is 24.6. The Balaban J connectivity index is 1.54. The lowest BCUT2D eigenvalue weighted by Crippen LogP contribution is -2.22. The van der Waals surface area contributed by atoms with Crippen LogP contribution in [0.15, 0.2) is 71.0 Å². The van der Waals surface area contributed by atoms with Gasteiger partial charge in [0.1, 0.15) is 11.6 Å². The predicted molar refractivity (Wildman–Crippen MR) is 117 cm³/mol. The number of aliphatic hydroxyl groups is 1. The zero-order valence-electron chi connectivity index (χ0n) is 17.9. The Kier molecular flexibility index (Phi) is 5.99. The number of hydrogen-bond donors (Lipinski definition) is 2. The van der Waals surface area contributed by atoms with Gasteiger partial charge in [0.15, 0.2) is 11.6 Å². The van der Waals surface area contributed by atoms with Crippen molar-refractivity contribution in [2.75, 3.05) is 5.32 Å². The molecule has 1 unspecified atom stereocenters. The number of rotatable bonds is 5. The summed E-state index contributed by atoms with van der Waals surface area (Å²) in [6.07, 6.45) is -1.28. The number of Topliss-reactive ketones (excluding diaryl/α,β-unsaturated/α-hetero) is 1. The van der Waals surface area contributed by atoms with Crippen LogP contribution in [0.25, 0.3) is 5.69 Å². The number of benzene rings is 2. The summed E-state index contributed by atoms with van der Waals surface area (Å²) in [5.74, 6) is -1.69. The maximum atomic E-state index is 14.2. The van der Waals surface area contributed by atoms with E-state index in [1.54, 1.807) is 31.2 Å². The summed E-state index contributed by atoms with van der Waals surface area (Å²) >= 11 is 0. The van der Waals surface area contributed by atoms with Gasteiger partial charge >= 0.3 is 6.18 Å². The van der Waals surface area contributed by atoms with Gasteiger partial charge in [0.05, 0.1) is 11.3 Å². The van der Waals surface area contributed by atoms with E-state index in [1.807, 2.05) is 0 Å². The first-order chi connectivity index (χ1) is 16.0. The molecule has 0 amide bonds. The van der Waals surface area contributed by atoms with Gasteiger partial charge in [-0.15, -0.1) is 0 Å². The molecule has 2 N–H and O–H groups in total. The Labute approximate surface area is 191 Å². The average molecular weight is 473 g/mol. The molecule has 1 atom stereocenters. The largest absolute Gasteiger partial charge is 0.512 e. The Hall–Kier alpha value is -3.95. The van der Waals surface area contributed by atoms with Crippen molar-refractivity contribution in [3.05, 3.63) is 93.5 Å². The number of nitrogens with zero attached hydrogens (tertiary/aromatic N) is 2. The average Bonchev–Trinajstić information content (AvgIpc) is 3.03. The first-order valence-corrected chi connectivity index (χ1v) is 10.3. The van der Waals surface area contributed by atoms with Crippen LogP contribution < -0.4 is 10.9 Å². The Morgan fingerprint density at radius 3 is 2.44 bits per heavy atom. The predicted octanol–water partition coefficient (Wildman–Crippen LogP) is 5.10. The van der Waals surface area contributed by atoms with E-state index in [4.69, 9.17) is 0 Å².